The highest BCUT2D eigenvalue weighted by molar-refractivity contribution is 7.88. The van der Waals surface area contributed by atoms with Crippen LogP contribution < -0.4 is 21.1 Å². The lowest BCUT2D eigenvalue weighted by molar-refractivity contribution is -0.142. The second-order valence-corrected chi connectivity index (χ2v) is 15.6. The number of aryl methyl sites for hydroxylation is 2. The average Bonchev–Trinajstić information content (AvgIpc) is 3.58. The maximum atomic E-state index is 14.2. The van der Waals surface area contributed by atoms with E-state index in [0.717, 1.165) is 36.6 Å². The number of likely N-dealkylation sites (tertiary alicyclic amines) is 2. The molecule has 2 saturated heterocycles. The smallest absolute Gasteiger partial charge is 0.410 e. The number of hydrogen-bond donors (Lipinski definition) is 4. The van der Waals surface area contributed by atoms with E-state index in [1.165, 1.54) is 4.90 Å². The van der Waals surface area contributed by atoms with Crippen molar-refractivity contribution in [2.45, 2.75) is 94.9 Å². The first-order valence-electron chi connectivity index (χ1n) is 18.6. The number of Topliss-reactive ketones (excluding diaryl/α,β-unsaturated/α-hetero) is 1. The standard InChI is InChI=1S/C38H54N6O8S/c1-53(50,51)42-32(21-20-29-16-7-3-8-17-29)37(48)44-27-30(52-38(49)43-24-11-4-12-25-43)26-33(44)35(46)41-31(19-9-10-22-39)34(45)36(47)40-23-13-18-28-14-5-2-6-15-28/h2-3,5-8,14-17,30-33,42H,4,9-13,18-27,39H2,1H3,(H,40,47)(H,41,46)/t30-,31+,32-,33+/m1/s1. The van der Waals surface area contributed by atoms with E-state index in [2.05, 4.69) is 15.4 Å². The molecule has 0 radical (unpaired) electrons. The van der Waals surface area contributed by atoms with E-state index >= 15 is 0 Å². The quantitative estimate of drug-likeness (QED) is 0.123. The number of rotatable bonds is 19. The van der Waals surface area contributed by atoms with E-state index in [0.29, 0.717) is 51.7 Å². The molecule has 0 aliphatic carbocycles. The summed E-state index contributed by atoms with van der Waals surface area (Å²) in [5.74, 6) is -3.02. The van der Waals surface area contributed by atoms with Gasteiger partial charge in [0.15, 0.2) is 0 Å². The number of ether oxygens (including phenoxy) is 1. The lowest BCUT2D eigenvalue weighted by Gasteiger charge is -2.29. The van der Waals surface area contributed by atoms with Crippen LogP contribution in [-0.2, 0) is 46.8 Å². The monoisotopic (exact) mass is 754 g/mol. The first kappa shape index (κ1) is 41.4. The minimum Gasteiger partial charge on any atom is -0.444 e. The average molecular weight is 755 g/mol. The minimum atomic E-state index is -3.85. The van der Waals surface area contributed by atoms with Gasteiger partial charge in [0.2, 0.25) is 27.6 Å². The molecule has 2 heterocycles. The molecule has 4 atom stereocenters. The first-order valence-corrected chi connectivity index (χ1v) is 20.5. The van der Waals surface area contributed by atoms with E-state index in [4.69, 9.17) is 10.5 Å². The third-order valence-corrected chi connectivity index (χ3v) is 10.2. The summed E-state index contributed by atoms with van der Waals surface area (Å²) in [6.07, 6.45) is 5.11. The van der Waals surface area contributed by atoms with Crippen molar-refractivity contribution in [3.63, 3.8) is 0 Å². The van der Waals surface area contributed by atoms with Crippen molar-refractivity contribution in [3.05, 3.63) is 71.8 Å². The van der Waals surface area contributed by atoms with Gasteiger partial charge in [0.05, 0.1) is 18.8 Å². The molecule has 2 aliphatic heterocycles. The molecule has 53 heavy (non-hydrogen) atoms. The summed E-state index contributed by atoms with van der Waals surface area (Å²) in [7, 11) is -3.85. The topological polar surface area (TPSA) is 197 Å². The Morgan fingerprint density at radius 2 is 1.49 bits per heavy atom. The number of carbonyl (C=O) groups is 5. The Bertz CT molecular complexity index is 1620. The molecular weight excluding hydrogens is 701 g/mol. The summed E-state index contributed by atoms with van der Waals surface area (Å²) in [5.41, 5.74) is 7.68. The van der Waals surface area contributed by atoms with Gasteiger partial charge in [0.25, 0.3) is 5.91 Å². The van der Waals surface area contributed by atoms with Crippen molar-refractivity contribution >= 4 is 39.6 Å². The Morgan fingerprint density at radius 3 is 2.11 bits per heavy atom. The Balaban J connectivity index is 1.50. The molecule has 14 nitrogen and oxygen atoms in total. The van der Waals surface area contributed by atoms with Crippen LogP contribution in [0.15, 0.2) is 60.7 Å². The van der Waals surface area contributed by atoms with Crippen molar-refractivity contribution in [3.8, 4) is 0 Å². The molecular formula is C38H54N6O8S. The number of ketones is 1. The normalized spacial score (nSPS) is 18.5. The molecule has 0 aromatic heterocycles. The molecule has 2 aromatic carbocycles. The SMILES string of the molecule is CS(=O)(=O)N[C@H](CCc1ccccc1)C(=O)N1C[C@H](OC(=O)N2CCCCC2)C[C@H]1C(=O)N[C@@H](CCCCN)C(=O)C(=O)NCCCc1ccccc1. The third kappa shape index (κ3) is 13.5. The van der Waals surface area contributed by atoms with Gasteiger partial charge < -0.3 is 30.9 Å². The van der Waals surface area contributed by atoms with Crippen LogP contribution >= 0.6 is 0 Å². The van der Waals surface area contributed by atoms with Crippen molar-refractivity contribution in [2.24, 2.45) is 5.73 Å². The van der Waals surface area contributed by atoms with Crippen LogP contribution in [-0.4, -0.2) is 111 Å². The van der Waals surface area contributed by atoms with Crippen LogP contribution in [0.1, 0.15) is 68.9 Å². The van der Waals surface area contributed by atoms with Gasteiger partial charge in [0, 0.05) is 26.1 Å². The zero-order valence-corrected chi connectivity index (χ0v) is 31.4. The maximum Gasteiger partial charge on any atom is 0.410 e. The molecule has 4 rings (SSSR count). The summed E-state index contributed by atoms with van der Waals surface area (Å²) in [6, 6.07) is 15.4. The van der Waals surface area contributed by atoms with E-state index < -0.39 is 63.9 Å². The maximum absolute atomic E-state index is 14.2. The van der Waals surface area contributed by atoms with Crippen LogP contribution in [0.4, 0.5) is 4.79 Å². The van der Waals surface area contributed by atoms with Crippen molar-refractivity contribution in [1.82, 2.24) is 25.2 Å². The summed E-state index contributed by atoms with van der Waals surface area (Å²) < 4.78 is 33.1. The Morgan fingerprint density at radius 1 is 0.849 bits per heavy atom. The van der Waals surface area contributed by atoms with Gasteiger partial charge in [-0.25, -0.2) is 17.9 Å². The number of piperidine rings is 1. The molecule has 0 bridgehead atoms. The summed E-state index contributed by atoms with van der Waals surface area (Å²) in [5, 5.41) is 5.37. The van der Waals surface area contributed by atoms with Crippen molar-refractivity contribution in [1.29, 1.82) is 0 Å². The van der Waals surface area contributed by atoms with Crippen molar-refractivity contribution in [2.75, 3.05) is 39.0 Å². The number of carbonyl (C=O) groups excluding carboxylic acids is 5. The summed E-state index contributed by atoms with van der Waals surface area (Å²) in [4.78, 5) is 70.6. The highest BCUT2D eigenvalue weighted by atomic mass is 32.2. The Kier molecular flexibility index (Phi) is 16.2. The molecule has 2 aromatic rings. The predicted octanol–water partition coefficient (Wildman–Crippen LogP) is 2.06. The van der Waals surface area contributed by atoms with Crippen LogP contribution in [0.5, 0.6) is 0 Å². The highest BCUT2D eigenvalue weighted by Gasteiger charge is 2.45. The molecule has 2 fully saturated rings. The molecule has 2 aliphatic rings. The lowest BCUT2D eigenvalue weighted by Crippen LogP contribution is -2.56. The molecule has 15 heteroatoms. The minimum absolute atomic E-state index is 0.0726. The largest absolute Gasteiger partial charge is 0.444 e. The Labute approximate surface area is 312 Å². The van der Waals surface area contributed by atoms with Crippen LogP contribution in [0.3, 0.4) is 0 Å². The fourth-order valence-electron chi connectivity index (χ4n) is 6.73. The number of unbranched alkanes of at least 4 members (excludes halogenated alkanes) is 1. The van der Waals surface area contributed by atoms with E-state index in [-0.39, 0.29) is 32.4 Å². The number of sulfonamides is 1. The number of nitrogens with two attached hydrogens (primary N) is 1. The van der Waals surface area contributed by atoms with Crippen LogP contribution in [0.2, 0.25) is 0 Å². The summed E-state index contributed by atoms with van der Waals surface area (Å²) in [6.45, 7) is 1.54. The second kappa shape index (κ2) is 20.8. The summed E-state index contributed by atoms with van der Waals surface area (Å²) >= 11 is 0. The third-order valence-electron chi connectivity index (χ3n) is 9.52. The van der Waals surface area contributed by atoms with Gasteiger partial charge in [-0.3, -0.25) is 19.2 Å². The van der Waals surface area contributed by atoms with Gasteiger partial charge in [-0.2, -0.15) is 0 Å². The number of amides is 4. The van der Waals surface area contributed by atoms with Gasteiger partial charge in [-0.05, 0) is 81.9 Å². The van der Waals surface area contributed by atoms with E-state index in [9.17, 15) is 32.4 Å². The molecule has 290 valence electrons. The van der Waals surface area contributed by atoms with Gasteiger partial charge in [0.1, 0.15) is 18.2 Å². The Hall–Kier alpha value is -4.34. The molecule has 0 unspecified atom stereocenters. The lowest BCUT2D eigenvalue weighted by atomic mass is 10.0. The number of hydrogen-bond acceptors (Lipinski definition) is 9. The van der Waals surface area contributed by atoms with E-state index in [1.807, 2.05) is 60.7 Å². The number of benzene rings is 2. The second-order valence-electron chi connectivity index (χ2n) is 13.8. The zero-order chi connectivity index (χ0) is 38.2. The first-order chi connectivity index (χ1) is 25.4. The van der Waals surface area contributed by atoms with Gasteiger partial charge in [-0.15, -0.1) is 0 Å². The zero-order valence-electron chi connectivity index (χ0n) is 30.5. The molecule has 4 amide bonds. The number of nitrogens with zero attached hydrogens (tertiary/aromatic N) is 2. The fourth-order valence-corrected chi connectivity index (χ4v) is 7.47. The fraction of sp³-hybridized carbons (Fsp3) is 0.553. The molecule has 0 saturated carbocycles. The number of nitrogens with one attached hydrogen (secondary N) is 3. The van der Waals surface area contributed by atoms with E-state index in [1.54, 1.807) is 4.90 Å². The molecule has 5 N–H and O–H groups in total. The van der Waals surface area contributed by atoms with Gasteiger partial charge >= 0.3 is 6.09 Å². The molecule has 0 spiro atoms. The van der Waals surface area contributed by atoms with Crippen LogP contribution in [0, 0.1) is 0 Å². The highest BCUT2D eigenvalue weighted by Crippen LogP contribution is 2.25. The van der Waals surface area contributed by atoms with Gasteiger partial charge in [-0.1, -0.05) is 60.7 Å². The van der Waals surface area contributed by atoms with Crippen LogP contribution in [0.25, 0.3) is 0 Å². The predicted molar refractivity (Wildman–Crippen MR) is 200 cm³/mol. The van der Waals surface area contributed by atoms with Crippen molar-refractivity contribution < 1.29 is 37.1 Å².